The van der Waals surface area contributed by atoms with Crippen molar-refractivity contribution in [3.8, 4) is 0 Å². The number of hydrogen-bond acceptors (Lipinski definition) is 5. The average molecular weight is 175 g/mol. The SMILES string of the molecule is O=C1CNSC(C(=O)O)C1=O. The summed E-state index contributed by atoms with van der Waals surface area (Å²) in [6.07, 6.45) is 0. The number of nitrogens with one attached hydrogen (secondary N) is 1. The summed E-state index contributed by atoms with van der Waals surface area (Å²) in [7, 11) is 0. The van der Waals surface area contributed by atoms with E-state index in [2.05, 4.69) is 4.72 Å². The Morgan fingerprint density at radius 3 is 2.73 bits per heavy atom. The minimum atomic E-state index is -1.28. The van der Waals surface area contributed by atoms with Crippen molar-refractivity contribution in [2.75, 3.05) is 6.54 Å². The summed E-state index contributed by atoms with van der Waals surface area (Å²) in [5, 5.41) is 7.13. The summed E-state index contributed by atoms with van der Waals surface area (Å²) in [6.45, 7) is -0.0761. The van der Waals surface area contributed by atoms with Crippen LogP contribution in [0.5, 0.6) is 0 Å². The molecule has 1 atom stereocenters. The molecule has 0 saturated carbocycles. The van der Waals surface area contributed by atoms with Gasteiger partial charge in [-0.1, -0.05) is 11.9 Å². The van der Waals surface area contributed by atoms with E-state index in [0.717, 1.165) is 11.9 Å². The van der Waals surface area contributed by atoms with E-state index in [-0.39, 0.29) is 6.54 Å². The minimum absolute atomic E-state index is 0.0761. The summed E-state index contributed by atoms with van der Waals surface area (Å²) < 4.78 is 2.46. The molecule has 0 aromatic carbocycles. The molecular formula is C5H5NO4S. The van der Waals surface area contributed by atoms with E-state index in [1.165, 1.54) is 0 Å². The molecule has 0 radical (unpaired) electrons. The van der Waals surface area contributed by atoms with Gasteiger partial charge in [0.15, 0.2) is 5.25 Å². The van der Waals surface area contributed by atoms with Crippen LogP contribution in [0, 0.1) is 0 Å². The maximum atomic E-state index is 10.8. The van der Waals surface area contributed by atoms with Gasteiger partial charge in [-0.25, -0.2) is 0 Å². The Kier molecular flexibility index (Phi) is 2.25. The third-order valence-corrected chi connectivity index (χ3v) is 2.13. The first-order valence-electron chi connectivity index (χ1n) is 2.81. The van der Waals surface area contributed by atoms with Crippen LogP contribution in [0.1, 0.15) is 0 Å². The second-order valence-corrected chi connectivity index (χ2v) is 2.94. The molecule has 6 heteroatoms. The number of carbonyl (C=O) groups excluding carboxylic acids is 2. The summed E-state index contributed by atoms with van der Waals surface area (Å²) in [6, 6.07) is 0. The normalized spacial score (nSPS) is 25.3. The van der Waals surface area contributed by atoms with Gasteiger partial charge in [-0.15, -0.1) is 0 Å². The van der Waals surface area contributed by atoms with Gasteiger partial charge in [-0.3, -0.25) is 19.1 Å². The van der Waals surface area contributed by atoms with E-state index in [1.54, 1.807) is 0 Å². The quantitative estimate of drug-likeness (QED) is 0.297. The van der Waals surface area contributed by atoms with Gasteiger partial charge in [0.25, 0.3) is 0 Å². The van der Waals surface area contributed by atoms with Gasteiger partial charge in [0.2, 0.25) is 11.6 Å². The molecule has 0 amide bonds. The smallest absolute Gasteiger partial charge is 0.326 e. The fraction of sp³-hybridized carbons (Fsp3) is 0.400. The van der Waals surface area contributed by atoms with Crippen molar-refractivity contribution < 1.29 is 19.5 Å². The van der Waals surface area contributed by atoms with Crippen LogP contribution in [0.4, 0.5) is 0 Å². The van der Waals surface area contributed by atoms with Crippen molar-refractivity contribution in [1.29, 1.82) is 0 Å². The van der Waals surface area contributed by atoms with Crippen molar-refractivity contribution in [2.24, 2.45) is 0 Å². The Bertz CT molecular complexity index is 227. The number of carboxylic acids is 1. The minimum Gasteiger partial charge on any atom is -0.480 e. The maximum absolute atomic E-state index is 10.8. The first-order valence-corrected chi connectivity index (χ1v) is 3.69. The highest BCUT2D eigenvalue weighted by molar-refractivity contribution is 7.99. The molecule has 5 nitrogen and oxygen atoms in total. The van der Waals surface area contributed by atoms with E-state index in [4.69, 9.17) is 5.11 Å². The predicted octanol–water partition coefficient (Wildman–Crippen LogP) is -1.17. The molecule has 0 bridgehead atoms. The number of Topliss-reactive ketones (excluding diaryl/α,β-unsaturated/α-hetero) is 2. The molecule has 2 N–H and O–H groups in total. The number of aliphatic carboxylic acids is 1. The lowest BCUT2D eigenvalue weighted by Crippen LogP contribution is -2.43. The highest BCUT2D eigenvalue weighted by atomic mass is 32.2. The first kappa shape index (κ1) is 8.22. The number of ketones is 2. The Labute approximate surface area is 66.3 Å². The number of carboxylic acid groups (broad SMARTS) is 1. The Morgan fingerprint density at radius 2 is 2.27 bits per heavy atom. The zero-order valence-electron chi connectivity index (χ0n) is 5.36. The zero-order valence-corrected chi connectivity index (χ0v) is 6.18. The number of carbonyl (C=O) groups is 3. The number of hydrogen-bond donors (Lipinski definition) is 2. The van der Waals surface area contributed by atoms with E-state index < -0.39 is 22.8 Å². The average Bonchev–Trinajstić information content (AvgIpc) is 1.94. The van der Waals surface area contributed by atoms with Gasteiger partial charge in [0.05, 0.1) is 6.54 Å². The standard InChI is InChI=1S/C5H5NO4S/c7-2-1-6-11-4(3(2)8)5(9)10/h4,6H,1H2,(H,9,10). The molecule has 1 unspecified atom stereocenters. The molecule has 60 valence electrons. The monoisotopic (exact) mass is 175 g/mol. The van der Waals surface area contributed by atoms with Crippen LogP contribution in [0.2, 0.25) is 0 Å². The fourth-order valence-electron chi connectivity index (χ4n) is 0.640. The van der Waals surface area contributed by atoms with Crippen molar-refractivity contribution in [3.05, 3.63) is 0 Å². The van der Waals surface area contributed by atoms with Crippen LogP contribution in [-0.2, 0) is 14.4 Å². The molecule has 1 aliphatic rings. The van der Waals surface area contributed by atoms with Crippen LogP contribution >= 0.6 is 11.9 Å². The lowest BCUT2D eigenvalue weighted by Gasteiger charge is -2.15. The van der Waals surface area contributed by atoms with Crippen LogP contribution < -0.4 is 4.72 Å². The molecule has 0 aromatic heterocycles. The van der Waals surface area contributed by atoms with Gasteiger partial charge in [0.1, 0.15) is 0 Å². The molecule has 1 heterocycles. The maximum Gasteiger partial charge on any atom is 0.326 e. The molecule has 0 spiro atoms. The molecule has 0 aromatic rings. The van der Waals surface area contributed by atoms with Gasteiger partial charge >= 0.3 is 5.97 Å². The van der Waals surface area contributed by atoms with E-state index in [0.29, 0.717) is 0 Å². The zero-order chi connectivity index (χ0) is 8.43. The molecular weight excluding hydrogens is 170 g/mol. The largest absolute Gasteiger partial charge is 0.480 e. The molecule has 1 saturated heterocycles. The molecule has 1 aliphatic heterocycles. The topological polar surface area (TPSA) is 83.5 Å². The highest BCUT2D eigenvalue weighted by Crippen LogP contribution is 2.12. The highest BCUT2D eigenvalue weighted by Gasteiger charge is 2.35. The van der Waals surface area contributed by atoms with E-state index in [9.17, 15) is 14.4 Å². The third kappa shape index (κ3) is 1.58. The summed E-state index contributed by atoms with van der Waals surface area (Å²) in [5.41, 5.74) is 0. The Morgan fingerprint density at radius 1 is 1.64 bits per heavy atom. The van der Waals surface area contributed by atoms with Gasteiger partial charge in [0, 0.05) is 0 Å². The lowest BCUT2D eigenvalue weighted by atomic mass is 10.2. The predicted molar refractivity (Wildman–Crippen MR) is 37.0 cm³/mol. The Hall–Kier alpha value is -0.880. The second-order valence-electron chi connectivity index (χ2n) is 1.94. The van der Waals surface area contributed by atoms with E-state index >= 15 is 0 Å². The summed E-state index contributed by atoms with van der Waals surface area (Å²) >= 11 is 0.763. The van der Waals surface area contributed by atoms with Crippen molar-refractivity contribution in [2.45, 2.75) is 5.25 Å². The first-order chi connectivity index (χ1) is 5.13. The number of rotatable bonds is 1. The van der Waals surface area contributed by atoms with Crippen molar-refractivity contribution in [3.63, 3.8) is 0 Å². The van der Waals surface area contributed by atoms with Crippen LogP contribution in [0.3, 0.4) is 0 Å². The second kappa shape index (κ2) is 3.02. The molecule has 1 rings (SSSR count). The van der Waals surface area contributed by atoms with Crippen LogP contribution in [-0.4, -0.2) is 34.4 Å². The molecule has 0 aliphatic carbocycles. The van der Waals surface area contributed by atoms with Gasteiger partial charge < -0.3 is 5.11 Å². The van der Waals surface area contributed by atoms with Crippen molar-refractivity contribution >= 4 is 29.5 Å². The van der Waals surface area contributed by atoms with Crippen molar-refractivity contribution in [1.82, 2.24) is 4.72 Å². The summed E-state index contributed by atoms with van der Waals surface area (Å²) in [5.74, 6) is -2.78. The van der Waals surface area contributed by atoms with Crippen LogP contribution in [0.25, 0.3) is 0 Å². The third-order valence-electron chi connectivity index (χ3n) is 1.17. The Balaban J connectivity index is 2.74. The lowest BCUT2D eigenvalue weighted by molar-refractivity contribution is -0.144. The summed E-state index contributed by atoms with van der Waals surface area (Å²) in [4.78, 5) is 31.7. The molecule has 11 heavy (non-hydrogen) atoms. The van der Waals surface area contributed by atoms with Gasteiger partial charge in [-0.05, 0) is 0 Å². The fourth-order valence-corrected chi connectivity index (χ4v) is 1.36. The van der Waals surface area contributed by atoms with Gasteiger partial charge in [-0.2, -0.15) is 0 Å². The van der Waals surface area contributed by atoms with E-state index in [1.807, 2.05) is 0 Å². The molecule has 1 fully saturated rings. The van der Waals surface area contributed by atoms with Crippen LogP contribution in [0.15, 0.2) is 0 Å².